The van der Waals surface area contributed by atoms with E-state index < -0.39 is 5.54 Å². The van der Waals surface area contributed by atoms with E-state index >= 15 is 0 Å². The average molecular weight is 430 g/mol. The van der Waals surface area contributed by atoms with E-state index in [-0.39, 0.29) is 5.91 Å². The Hall–Kier alpha value is -2.40. The number of hydrogen-bond donors (Lipinski definition) is 1. The van der Waals surface area contributed by atoms with Gasteiger partial charge in [0.25, 0.3) is 5.91 Å². The Bertz CT molecular complexity index is 969. The molecule has 0 saturated carbocycles. The molecule has 1 amide bonds. The van der Waals surface area contributed by atoms with Gasteiger partial charge in [0.1, 0.15) is 5.54 Å². The molecule has 0 aliphatic rings. The molecule has 1 heterocycles. The van der Waals surface area contributed by atoms with Crippen molar-refractivity contribution in [2.75, 3.05) is 5.32 Å². The van der Waals surface area contributed by atoms with Crippen LogP contribution in [0.15, 0.2) is 48.8 Å². The van der Waals surface area contributed by atoms with Gasteiger partial charge in [-0.1, -0.05) is 30.3 Å². The van der Waals surface area contributed by atoms with E-state index in [4.69, 9.17) is 6.57 Å². The van der Waals surface area contributed by atoms with E-state index in [0.717, 1.165) is 14.3 Å². The molecule has 5 nitrogen and oxygen atoms in total. The molecule has 0 atom stereocenters. The van der Waals surface area contributed by atoms with Crippen molar-refractivity contribution >= 4 is 50.6 Å². The standard InChI is InChI=1S/C18H15IN4O/c1-18(2,23-11-12(19)10-21-23)17(24)22-16-9-8-15(20-3)13-6-4-5-7-14(13)16/h4-11H,1-2H3,(H,22,24). The molecule has 6 heteroatoms. The second-order valence-corrected chi connectivity index (χ2v) is 7.15. The molecule has 2 aromatic carbocycles. The smallest absolute Gasteiger partial charge is 0.251 e. The summed E-state index contributed by atoms with van der Waals surface area (Å²) in [6.45, 7) is 10.9. The first-order chi connectivity index (χ1) is 11.4. The molecule has 3 aromatic rings. The summed E-state index contributed by atoms with van der Waals surface area (Å²) in [7, 11) is 0. The van der Waals surface area contributed by atoms with E-state index in [1.54, 1.807) is 23.0 Å². The van der Waals surface area contributed by atoms with Gasteiger partial charge in [-0.15, -0.1) is 0 Å². The molecule has 120 valence electrons. The molecule has 0 fully saturated rings. The summed E-state index contributed by atoms with van der Waals surface area (Å²) in [6, 6.07) is 11.1. The third kappa shape index (κ3) is 2.87. The molecule has 0 radical (unpaired) electrons. The Kier molecular flexibility index (Phi) is 4.28. The maximum absolute atomic E-state index is 12.8. The molecule has 1 N–H and O–H groups in total. The topological polar surface area (TPSA) is 51.3 Å². The van der Waals surface area contributed by atoms with Gasteiger partial charge in [0.2, 0.25) is 0 Å². The van der Waals surface area contributed by atoms with Gasteiger partial charge in [-0.3, -0.25) is 9.48 Å². The van der Waals surface area contributed by atoms with E-state index in [2.05, 4.69) is 37.9 Å². The van der Waals surface area contributed by atoms with Crippen LogP contribution in [0.1, 0.15) is 13.8 Å². The van der Waals surface area contributed by atoms with Gasteiger partial charge < -0.3 is 5.32 Å². The van der Waals surface area contributed by atoms with Gasteiger partial charge >= 0.3 is 0 Å². The van der Waals surface area contributed by atoms with Crippen molar-refractivity contribution in [2.45, 2.75) is 19.4 Å². The van der Waals surface area contributed by atoms with E-state index in [1.165, 1.54) is 0 Å². The van der Waals surface area contributed by atoms with Gasteiger partial charge in [0.05, 0.1) is 16.3 Å². The third-order valence-corrected chi connectivity index (χ3v) is 4.51. The molecule has 0 spiro atoms. The molecule has 0 bridgehead atoms. The van der Waals surface area contributed by atoms with E-state index in [9.17, 15) is 4.79 Å². The lowest BCUT2D eigenvalue weighted by Crippen LogP contribution is -2.40. The highest BCUT2D eigenvalue weighted by molar-refractivity contribution is 14.1. The molecule has 0 aliphatic carbocycles. The molecule has 1 aromatic heterocycles. The van der Waals surface area contributed by atoms with Gasteiger partial charge in [-0.25, -0.2) is 4.85 Å². The zero-order valence-electron chi connectivity index (χ0n) is 13.2. The monoisotopic (exact) mass is 430 g/mol. The van der Waals surface area contributed by atoms with Gasteiger partial charge in [0.15, 0.2) is 5.69 Å². The molecule has 0 aliphatic heterocycles. The largest absolute Gasteiger partial charge is 0.324 e. The molecule has 0 saturated heterocycles. The fourth-order valence-electron chi connectivity index (χ4n) is 2.48. The summed E-state index contributed by atoms with van der Waals surface area (Å²) in [4.78, 5) is 16.3. The van der Waals surface area contributed by atoms with Crippen LogP contribution < -0.4 is 5.32 Å². The normalized spacial score (nSPS) is 11.2. The summed E-state index contributed by atoms with van der Waals surface area (Å²) in [5.41, 5.74) is 0.436. The highest BCUT2D eigenvalue weighted by atomic mass is 127. The zero-order valence-corrected chi connectivity index (χ0v) is 15.4. The number of hydrogen-bond acceptors (Lipinski definition) is 2. The number of anilines is 1. The van der Waals surface area contributed by atoms with Crippen molar-refractivity contribution in [3.8, 4) is 0 Å². The maximum atomic E-state index is 12.8. The van der Waals surface area contributed by atoms with Crippen molar-refractivity contribution in [1.82, 2.24) is 9.78 Å². The summed E-state index contributed by atoms with van der Waals surface area (Å²) < 4.78 is 2.63. The van der Waals surface area contributed by atoms with Crippen LogP contribution in [0, 0.1) is 10.1 Å². The van der Waals surface area contributed by atoms with Crippen LogP contribution in [-0.4, -0.2) is 15.7 Å². The number of amides is 1. The van der Waals surface area contributed by atoms with Crippen molar-refractivity contribution in [3.63, 3.8) is 0 Å². The SMILES string of the molecule is [C-]#[N+]c1ccc(NC(=O)C(C)(C)n2cc(I)cn2)c2ccccc12. The predicted octanol–water partition coefficient (Wildman–Crippen LogP) is 4.57. The van der Waals surface area contributed by atoms with Crippen LogP contribution in [0.5, 0.6) is 0 Å². The lowest BCUT2D eigenvalue weighted by molar-refractivity contribution is -0.123. The minimum Gasteiger partial charge on any atom is -0.324 e. The number of carbonyl (C=O) groups excluding carboxylic acids is 1. The van der Waals surface area contributed by atoms with E-state index in [1.807, 2.05) is 44.3 Å². The maximum Gasteiger partial charge on any atom is 0.251 e. The minimum absolute atomic E-state index is 0.164. The third-order valence-electron chi connectivity index (χ3n) is 3.95. The quantitative estimate of drug-likeness (QED) is 0.489. The number of aromatic nitrogens is 2. The number of carbonyl (C=O) groups is 1. The molecule has 24 heavy (non-hydrogen) atoms. The lowest BCUT2D eigenvalue weighted by atomic mass is 10.0. The number of nitrogens with zero attached hydrogens (tertiary/aromatic N) is 3. The van der Waals surface area contributed by atoms with Crippen LogP contribution in [0.4, 0.5) is 11.4 Å². The van der Waals surface area contributed by atoms with Crippen LogP contribution in [0.3, 0.4) is 0 Å². The zero-order chi connectivity index (χ0) is 17.3. The van der Waals surface area contributed by atoms with Crippen LogP contribution in [0.25, 0.3) is 15.6 Å². The fraction of sp³-hybridized carbons (Fsp3) is 0.167. The molecule has 0 unspecified atom stereocenters. The summed E-state index contributed by atoms with van der Waals surface area (Å²) in [5.74, 6) is -0.164. The van der Waals surface area contributed by atoms with Crippen LogP contribution in [0.2, 0.25) is 0 Å². The van der Waals surface area contributed by atoms with Crippen molar-refractivity contribution in [3.05, 3.63) is 63.8 Å². The second kappa shape index (κ2) is 6.24. The van der Waals surface area contributed by atoms with Crippen molar-refractivity contribution in [2.24, 2.45) is 0 Å². The highest BCUT2D eigenvalue weighted by Gasteiger charge is 2.31. The van der Waals surface area contributed by atoms with Gasteiger partial charge in [-0.05, 0) is 53.3 Å². The number of nitrogens with one attached hydrogen (secondary N) is 1. The first-order valence-corrected chi connectivity index (χ1v) is 8.42. The number of fused-ring (bicyclic) bond motifs is 1. The average Bonchev–Trinajstić information content (AvgIpc) is 3.02. The van der Waals surface area contributed by atoms with Gasteiger partial charge in [-0.2, -0.15) is 5.10 Å². The number of benzene rings is 2. The first kappa shape index (κ1) is 16.5. The van der Waals surface area contributed by atoms with Crippen LogP contribution >= 0.6 is 22.6 Å². The summed E-state index contributed by atoms with van der Waals surface area (Å²) in [6.07, 6.45) is 3.55. The molecule has 3 rings (SSSR count). The van der Waals surface area contributed by atoms with Crippen molar-refractivity contribution in [1.29, 1.82) is 0 Å². The summed E-state index contributed by atoms with van der Waals surface area (Å²) in [5, 5.41) is 8.91. The predicted molar refractivity (Wildman–Crippen MR) is 103 cm³/mol. The Morgan fingerprint density at radius 2 is 1.96 bits per heavy atom. The Labute approximate surface area is 153 Å². The van der Waals surface area contributed by atoms with Gasteiger partial charge in [0, 0.05) is 11.9 Å². The Morgan fingerprint density at radius 1 is 1.25 bits per heavy atom. The minimum atomic E-state index is -0.830. The number of halogens is 1. The molecular formula is C18H15IN4O. The first-order valence-electron chi connectivity index (χ1n) is 7.35. The Balaban J connectivity index is 1.98. The lowest BCUT2D eigenvalue weighted by Gasteiger charge is -2.24. The fourth-order valence-corrected chi connectivity index (χ4v) is 2.86. The number of rotatable bonds is 3. The highest BCUT2D eigenvalue weighted by Crippen LogP contribution is 2.32. The van der Waals surface area contributed by atoms with Crippen LogP contribution in [-0.2, 0) is 10.3 Å². The van der Waals surface area contributed by atoms with Crippen molar-refractivity contribution < 1.29 is 4.79 Å². The second-order valence-electron chi connectivity index (χ2n) is 5.91. The molecular weight excluding hydrogens is 415 g/mol. The van der Waals surface area contributed by atoms with E-state index in [0.29, 0.717) is 11.4 Å². The Morgan fingerprint density at radius 3 is 2.58 bits per heavy atom. The summed E-state index contributed by atoms with van der Waals surface area (Å²) >= 11 is 2.16.